The molecule has 1 aromatic heterocycles. The molecule has 0 spiro atoms. The summed E-state index contributed by atoms with van der Waals surface area (Å²) in [5.41, 5.74) is 5.89. The van der Waals surface area contributed by atoms with Crippen LogP contribution in [-0.2, 0) is 11.2 Å². The number of primary amides is 1. The summed E-state index contributed by atoms with van der Waals surface area (Å²) in [4.78, 5) is 40.5. The highest BCUT2D eigenvalue weighted by Gasteiger charge is 2.34. The maximum absolute atomic E-state index is 13.9. The molecule has 0 atom stereocenters. The number of benzene rings is 2. The molecule has 174 valence electrons. The number of nitrogens with zero attached hydrogens (tertiary/aromatic N) is 4. The zero-order chi connectivity index (χ0) is 29.2. The number of anilines is 2. The van der Waals surface area contributed by atoms with Crippen LogP contribution in [0.15, 0.2) is 48.5 Å². The zero-order valence-corrected chi connectivity index (χ0v) is 18.2. The van der Waals surface area contributed by atoms with Crippen LogP contribution in [0.3, 0.4) is 0 Å². The van der Waals surface area contributed by atoms with Crippen LogP contribution >= 0.6 is 0 Å². The molecule has 1 fully saturated rings. The Balaban J connectivity index is 1.57. The van der Waals surface area contributed by atoms with Crippen molar-refractivity contribution in [3.63, 3.8) is 0 Å². The van der Waals surface area contributed by atoms with Gasteiger partial charge in [-0.25, -0.2) is 4.68 Å². The van der Waals surface area contributed by atoms with Gasteiger partial charge in [-0.15, -0.1) is 0 Å². The molecule has 0 radical (unpaired) electrons. The van der Waals surface area contributed by atoms with Crippen molar-refractivity contribution in [2.45, 2.75) is 25.6 Å². The number of piperidine rings is 1. The number of hydrogen-bond acceptors (Lipinski definition) is 5. The van der Waals surface area contributed by atoms with Gasteiger partial charge >= 0.3 is 0 Å². The molecular weight excluding hydrogens is 434 g/mol. The monoisotopic (exact) mass is 465 g/mol. The highest BCUT2D eigenvalue weighted by Crippen LogP contribution is 2.31. The van der Waals surface area contributed by atoms with Crippen molar-refractivity contribution >= 4 is 29.1 Å². The standard InChI is InChI=1S/C25H25N5O4/c1-34-19-11-9-18(10-12-19)30-23-20(22(27-30)24(26)32)13-15-29(25(23)33)17-7-5-16(6-8-17)28-14-3-2-4-21(28)31/h5-12H,2-4,13-15H2,1H3,(H2,26,32)/i4D2,14D2,15D2. The van der Waals surface area contributed by atoms with E-state index in [1.807, 2.05) is 0 Å². The Hall–Kier alpha value is -4.14. The highest BCUT2D eigenvalue weighted by atomic mass is 16.5. The molecule has 9 nitrogen and oxygen atoms in total. The van der Waals surface area contributed by atoms with E-state index >= 15 is 0 Å². The summed E-state index contributed by atoms with van der Waals surface area (Å²) >= 11 is 0. The van der Waals surface area contributed by atoms with Crippen LogP contribution in [0, 0.1) is 0 Å². The zero-order valence-electron chi connectivity index (χ0n) is 24.2. The lowest BCUT2D eigenvalue weighted by molar-refractivity contribution is -0.119. The molecule has 3 aromatic rings. The van der Waals surface area contributed by atoms with E-state index in [-0.39, 0.29) is 41.2 Å². The lowest BCUT2D eigenvalue weighted by Crippen LogP contribution is -2.39. The number of aromatic nitrogens is 2. The number of methoxy groups -OCH3 is 1. The summed E-state index contributed by atoms with van der Waals surface area (Å²) in [5.74, 6) is -2.18. The molecule has 0 unspecified atom stereocenters. The van der Waals surface area contributed by atoms with Crippen LogP contribution in [0.1, 0.15) is 54.0 Å². The molecule has 0 saturated carbocycles. The molecule has 2 N–H and O–H groups in total. The second-order valence-corrected chi connectivity index (χ2v) is 7.62. The minimum absolute atomic E-state index is 0.0473. The highest BCUT2D eigenvalue weighted by molar-refractivity contribution is 6.09. The Morgan fingerprint density at radius 3 is 2.26 bits per heavy atom. The van der Waals surface area contributed by atoms with Gasteiger partial charge in [0.15, 0.2) is 5.69 Å². The first-order chi connectivity index (χ1) is 18.7. The van der Waals surface area contributed by atoms with E-state index in [1.165, 1.54) is 36.1 Å². The molecule has 34 heavy (non-hydrogen) atoms. The summed E-state index contributed by atoms with van der Waals surface area (Å²) < 4.78 is 56.1. The van der Waals surface area contributed by atoms with Crippen molar-refractivity contribution in [1.29, 1.82) is 0 Å². The molecule has 2 aliphatic rings. The van der Waals surface area contributed by atoms with Crippen LogP contribution in [0.5, 0.6) is 5.75 Å². The van der Waals surface area contributed by atoms with Crippen LogP contribution in [0.2, 0.25) is 0 Å². The van der Waals surface area contributed by atoms with Crippen LogP contribution < -0.4 is 20.3 Å². The number of amides is 3. The molecule has 0 bridgehead atoms. The summed E-state index contributed by atoms with van der Waals surface area (Å²) in [7, 11) is 1.50. The van der Waals surface area contributed by atoms with Gasteiger partial charge in [-0.2, -0.15) is 5.10 Å². The van der Waals surface area contributed by atoms with Crippen molar-refractivity contribution < 1.29 is 27.3 Å². The molecule has 9 heteroatoms. The van der Waals surface area contributed by atoms with Crippen molar-refractivity contribution in [2.24, 2.45) is 5.73 Å². The molecule has 0 aliphatic carbocycles. The maximum Gasteiger partial charge on any atom is 0.277 e. The van der Waals surface area contributed by atoms with Crippen molar-refractivity contribution in [3.8, 4) is 11.4 Å². The van der Waals surface area contributed by atoms with Gasteiger partial charge in [0.1, 0.15) is 11.4 Å². The Morgan fingerprint density at radius 2 is 1.62 bits per heavy atom. The van der Waals surface area contributed by atoms with Gasteiger partial charge in [0.25, 0.3) is 11.8 Å². The largest absolute Gasteiger partial charge is 0.497 e. The van der Waals surface area contributed by atoms with E-state index in [0.29, 0.717) is 11.4 Å². The van der Waals surface area contributed by atoms with Crippen LogP contribution in [-0.4, -0.2) is 47.6 Å². The lowest BCUT2D eigenvalue weighted by Gasteiger charge is -2.29. The Kier molecular flexibility index (Phi) is 3.99. The van der Waals surface area contributed by atoms with Gasteiger partial charge in [0.2, 0.25) is 5.91 Å². The fourth-order valence-corrected chi connectivity index (χ4v) is 3.94. The third kappa shape index (κ3) is 3.68. The summed E-state index contributed by atoms with van der Waals surface area (Å²) in [5, 5.41) is 4.24. The summed E-state index contributed by atoms with van der Waals surface area (Å²) in [6, 6.07) is 11.9. The molecule has 1 saturated heterocycles. The third-order valence-corrected chi connectivity index (χ3v) is 5.59. The predicted octanol–water partition coefficient (Wildman–Crippen LogP) is 2.70. The van der Waals surface area contributed by atoms with E-state index in [4.69, 9.17) is 18.7 Å². The van der Waals surface area contributed by atoms with E-state index in [9.17, 15) is 14.4 Å². The smallest absolute Gasteiger partial charge is 0.277 e. The van der Waals surface area contributed by atoms with Crippen LogP contribution in [0.25, 0.3) is 5.69 Å². The Morgan fingerprint density at radius 1 is 0.971 bits per heavy atom. The quantitative estimate of drug-likeness (QED) is 0.623. The Bertz CT molecular complexity index is 1520. The summed E-state index contributed by atoms with van der Waals surface area (Å²) in [6.07, 6.45) is -3.09. The average Bonchev–Trinajstić information content (AvgIpc) is 3.26. The first-order valence-electron chi connectivity index (χ1n) is 13.5. The molecular formula is C25H25N5O4. The molecule has 5 rings (SSSR count). The van der Waals surface area contributed by atoms with E-state index in [1.54, 1.807) is 24.3 Å². The molecule has 3 amide bonds. The second-order valence-electron chi connectivity index (χ2n) is 7.62. The van der Waals surface area contributed by atoms with E-state index in [0.717, 1.165) is 9.80 Å². The fraction of sp³-hybridized carbons (Fsp3) is 0.280. The number of hydrogen-bond donors (Lipinski definition) is 1. The molecule has 2 aromatic carbocycles. The van der Waals surface area contributed by atoms with E-state index in [2.05, 4.69) is 5.10 Å². The first-order valence-corrected chi connectivity index (χ1v) is 10.5. The minimum atomic E-state index is -2.31. The van der Waals surface area contributed by atoms with Gasteiger partial charge < -0.3 is 20.3 Å². The Labute approximate surface area is 205 Å². The first kappa shape index (κ1) is 15.7. The van der Waals surface area contributed by atoms with Crippen molar-refractivity contribution in [1.82, 2.24) is 9.78 Å². The number of carbonyl (C=O) groups is 3. The van der Waals surface area contributed by atoms with Gasteiger partial charge in [-0.05, 0) is 67.8 Å². The van der Waals surface area contributed by atoms with Gasteiger partial charge in [-0.1, -0.05) is 0 Å². The maximum atomic E-state index is 13.9. The average molecular weight is 466 g/mol. The van der Waals surface area contributed by atoms with Gasteiger partial charge in [-0.3, -0.25) is 14.4 Å². The molecule has 3 heterocycles. The number of carbonyl (C=O) groups excluding carboxylic acids is 3. The normalized spacial score (nSPS) is 23.0. The number of nitrogens with two attached hydrogens (primary N) is 1. The predicted molar refractivity (Wildman–Crippen MR) is 127 cm³/mol. The lowest BCUT2D eigenvalue weighted by atomic mass is 10.0. The van der Waals surface area contributed by atoms with E-state index < -0.39 is 43.5 Å². The SMILES string of the molecule is [2H]C1([2H])CCC([2H])([2H])N(c2ccc(N3C(=O)c4c(c(C(N)=O)nn4-c4ccc(OC)cc4)CC3([2H])[2H])cc2)C1=O. The minimum Gasteiger partial charge on any atom is -0.497 e. The van der Waals surface area contributed by atoms with Crippen LogP contribution in [0.4, 0.5) is 11.4 Å². The van der Waals surface area contributed by atoms with Crippen molar-refractivity contribution in [2.75, 3.05) is 29.9 Å². The number of rotatable bonds is 5. The number of fused-ring (bicyclic) bond motifs is 1. The van der Waals surface area contributed by atoms with Gasteiger partial charge in [0, 0.05) is 41.8 Å². The second kappa shape index (κ2) is 8.66. The van der Waals surface area contributed by atoms with Crippen molar-refractivity contribution in [3.05, 3.63) is 65.5 Å². The molecule has 2 aliphatic heterocycles. The third-order valence-electron chi connectivity index (χ3n) is 5.59. The number of ether oxygens (including phenoxy) is 1. The summed E-state index contributed by atoms with van der Waals surface area (Å²) in [6.45, 7) is -4.44. The fourth-order valence-electron chi connectivity index (χ4n) is 3.94. The topological polar surface area (TPSA) is 111 Å². The van der Waals surface area contributed by atoms with Gasteiger partial charge in [0.05, 0.1) is 15.5 Å².